The summed E-state index contributed by atoms with van der Waals surface area (Å²) in [6.07, 6.45) is 6.27. The molecule has 0 aliphatic carbocycles. The van der Waals surface area contributed by atoms with E-state index in [1.807, 2.05) is 0 Å². The lowest BCUT2D eigenvalue weighted by molar-refractivity contribution is -0.151. The van der Waals surface area contributed by atoms with E-state index < -0.39 is 0 Å². The molecule has 0 radical (unpaired) electrons. The quantitative estimate of drug-likeness (QED) is 0.503. The molecule has 1 saturated heterocycles. The van der Waals surface area contributed by atoms with E-state index in [1.54, 1.807) is 0 Å². The summed E-state index contributed by atoms with van der Waals surface area (Å²) in [5.41, 5.74) is 0. The van der Waals surface area contributed by atoms with E-state index in [2.05, 4.69) is 6.92 Å². The van der Waals surface area contributed by atoms with Crippen LogP contribution in [0.15, 0.2) is 0 Å². The van der Waals surface area contributed by atoms with Crippen LogP contribution in [0, 0.1) is 5.92 Å². The van der Waals surface area contributed by atoms with E-state index in [9.17, 15) is 4.79 Å². The Hall–Kier alpha value is -0.570. The maximum absolute atomic E-state index is 11.6. The van der Waals surface area contributed by atoms with Gasteiger partial charge in [-0.05, 0) is 19.3 Å². The van der Waals surface area contributed by atoms with Gasteiger partial charge < -0.3 is 9.47 Å². The summed E-state index contributed by atoms with van der Waals surface area (Å²) in [6.45, 7) is 4.18. The van der Waals surface area contributed by atoms with Gasteiger partial charge in [-0.2, -0.15) is 0 Å². The van der Waals surface area contributed by atoms with E-state index in [0.29, 0.717) is 19.8 Å². The van der Waals surface area contributed by atoms with Gasteiger partial charge in [-0.15, -0.1) is 0 Å². The van der Waals surface area contributed by atoms with E-state index in [-0.39, 0.29) is 11.9 Å². The van der Waals surface area contributed by atoms with Crippen molar-refractivity contribution in [2.45, 2.75) is 45.4 Å². The lowest BCUT2D eigenvalue weighted by Gasteiger charge is -2.20. The standard InChI is InChI=1S/C12H22O3/c1-2-3-4-5-8-15-12(13)11-6-9-14-10-7-11/h11H,2-10H2,1H3. The number of hydrogen-bond donors (Lipinski definition) is 0. The second-order valence-electron chi connectivity index (χ2n) is 4.11. The van der Waals surface area contributed by atoms with Crippen LogP contribution in [0.5, 0.6) is 0 Å². The number of carbonyl (C=O) groups excluding carboxylic acids is 1. The third kappa shape index (κ3) is 5.17. The Bertz CT molecular complexity index is 174. The Morgan fingerprint density at radius 2 is 2.00 bits per heavy atom. The summed E-state index contributed by atoms with van der Waals surface area (Å²) >= 11 is 0. The van der Waals surface area contributed by atoms with Crippen molar-refractivity contribution in [3.8, 4) is 0 Å². The first-order chi connectivity index (χ1) is 7.34. The predicted octanol–water partition coefficient (Wildman–Crippen LogP) is 2.54. The van der Waals surface area contributed by atoms with Gasteiger partial charge in [-0.3, -0.25) is 4.79 Å². The molecule has 3 heteroatoms. The topological polar surface area (TPSA) is 35.5 Å². The first-order valence-corrected chi connectivity index (χ1v) is 6.09. The smallest absolute Gasteiger partial charge is 0.309 e. The molecule has 1 aliphatic heterocycles. The van der Waals surface area contributed by atoms with Gasteiger partial charge in [0, 0.05) is 13.2 Å². The van der Waals surface area contributed by atoms with Gasteiger partial charge in [-0.1, -0.05) is 26.2 Å². The second-order valence-corrected chi connectivity index (χ2v) is 4.11. The van der Waals surface area contributed by atoms with E-state index in [0.717, 1.165) is 25.7 Å². The molecule has 1 heterocycles. The van der Waals surface area contributed by atoms with Crippen LogP contribution in [0.2, 0.25) is 0 Å². The molecule has 0 saturated carbocycles. The van der Waals surface area contributed by atoms with E-state index >= 15 is 0 Å². The Morgan fingerprint density at radius 3 is 2.67 bits per heavy atom. The summed E-state index contributed by atoms with van der Waals surface area (Å²) in [7, 11) is 0. The number of ether oxygens (including phenoxy) is 2. The van der Waals surface area contributed by atoms with Crippen LogP contribution in [-0.2, 0) is 14.3 Å². The maximum Gasteiger partial charge on any atom is 0.309 e. The zero-order valence-corrected chi connectivity index (χ0v) is 9.67. The van der Waals surface area contributed by atoms with Crippen LogP contribution in [-0.4, -0.2) is 25.8 Å². The van der Waals surface area contributed by atoms with Crippen LogP contribution < -0.4 is 0 Å². The highest BCUT2D eigenvalue weighted by Gasteiger charge is 2.22. The minimum Gasteiger partial charge on any atom is -0.465 e. The molecule has 0 atom stereocenters. The average molecular weight is 214 g/mol. The molecule has 0 spiro atoms. The summed E-state index contributed by atoms with van der Waals surface area (Å²) in [6, 6.07) is 0. The van der Waals surface area contributed by atoms with Crippen molar-refractivity contribution in [3.63, 3.8) is 0 Å². The first-order valence-electron chi connectivity index (χ1n) is 6.09. The molecule has 0 aromatic heterocycles. The van der Waals surface area contributed by atoms with Crippen LogP contribution >= 0.6 is 0 Å². The van der Waals surface area contributed by atoms with Gasteiger partial charge in [0.05, 0.1) is 12.5 Å². The van der Waals surface area contributed by atoms with Crippen LogP contribution in [0.3, 0.4) is 0 Å². The highest BCUT2D eigenvalue weighted by atomic mass is 16.5. The van der Waals surface area contributed by atoms with Crippen molar-refractivity contribution >= 4 is 5.97 Å². The molecule has 0 aromatic rings. The monoisotopic (exact) mass is 214 g/mol. The third-order valence-electron chi connectivity index (χ3n) is 2.80. The zero-order chi connectivity index (χ0) is 10.9. The van der Waals surface area contributed by atoms with Gasteiger partial charge in [0.15, 0.2) is 0 Å². The lowest BCUT2D eigenvalue weighted by Crippen LogP contribution is -2.25. The van der Waals surface area contributed by atoms with Crippen molar-refractivity contribution < 1.29 is 14.3 Å². The van der Waals surface area contributed by atoms with Gasteiger partial charge >= 0.3 is 5.97 Å². The molecule has 3 nitrogen and oxygen atoms in total. The number of carbonyl (C=O) groups is 1. The molecule has 0 unspecified atom stereocenters. The second kappa shape index (κ2) is 7.69. The number of unbranched alkanes of at least 4 members (excludes halogenated alkanes) is 3. The van der Waals surface area contributed by atoms with Crippen molar-refractivity contribution in [2.24, 2.45) is 5.92 Å². The Balaban J connectivity index is 2.02. The summed E-state index contributed by atoms with van der Waals surface area (Å²) < 4.78 is 10.4. The molecule has 1 fully saturated rings. The molecule has 88 valence electrons. The predicted molar refractivity (Wildman–Crippen MR) is 58.6 cm³/mol. The molecule has 0 amide bonds. The molecular weight excluding hydrogens is 192 g/mol. The number of rotatable bonds is 6. The average Bonchev–Trinajstić information content (AvgIpc) is 2.30. The van der Waals surface area contributed by atoms with E-state index in [4.69, 9.17) is 9.47 Å². The Morgan fingerprint density at radius 1 is 1.27 bits per heavy atom. The highest BCUT2D eigenvalue weighted by molar-refractivity contribution is 5.72. The fourth-order valence-electron chi connectivity index (χ4n) is 1.75. The SMILES string of the molecule is CCCCCCOC(=O)C1CCOCC1. The van der Waals surface area contributed by atoms with Gasteiger partial charge in [0.1, 0.15) is 0 Å². The first kappa shape index (κ1) is 12.5. The number of esters is 1. The largest absolute Gasteiger partial charge is 0.465 e. The molecule has 1 rings (SSSR count). The normalized spacial score (nSPS) is 17.7. The maximum atomic E-state index is 11.6. The fourth-order valence-corrected chi connectivity index (χ4v) is 1.75. The summed E-state index contributed by atoms with van der Waals surface area (Å²) in [4.78, 5) is 11.6. The molecule has 0 aromatic carbocycles. The number of hydrogen-bond acceptors (Lipinski definition) is 3. The van der Waals surface area contributed by atoms with E-state index in [1.165, 1.54) is 12.8 Å². The van der Waals surface area contributed by atoms with Crippen molar-refractivity contribution in [1.29, 1.82) is 0 Å². The van der Waals surface area contributed by atoms with Crippen molar-refractivity contribution in [3.05, 3.63) is 0 Å². The Kier molecular flexibility index (Phi) is 6.41. The van der Waals surface area contributed by atoms with Crippen LogP contribution in [0.25, 0.3) is 0 Å². The third-order valence-corrected chi connectivity index (χ3v) is 2.80. The summed E-state index contributed by atoms with van der Waals surface area (Å²) in [5, 5.41) is 0. The highest BCUT2D eigenvalue weighted by Crippen LogP contribution is 2.16. The minimum absolute atomic E-state index is 0.0187. The van der Waals surface area contributed by atoms with Gasteiger partial charge in [0.2, 0.25) is 0 Å². The fraction of sp³-hybridized carbons (Fsp3) is 0.917. The minimum atomic E-state index is -0.0187. The van der Waals surface area contributed by atoms with Crippen molar-refractivity contribution in [2.75, 3.05) is 19.8 Å². The molecule has 0 bridgehead atoms. The molecule has 15 heavy (non-hydrogen) atoms. The van der Waals surface area contributed by atoms with Crippen LogP contribution in [0.4, 0.5) is 0 Å². The molecule has 1 aliphatic rings. The van der Waals surface area contributed by atoms with Crippen LogP contribution in [0.1, 0.15) is 45.4 Å². The Labute approximate surface area is 92.1 Å². The molecular formula is C12H22O3. The van der Waals surface area contributed by atoms with Gasteiger partial charge in [-0.25, -0.2) is 0 Å². The van der Waals surface area contributed by atoms with Gasteiger partial charge in [0.25, 0.3) is 0 Å². The lowest BCUT2D eigenvalue weighted by atomic mass is 10.0. The van der Waals surface area contributed by atoms with Crippen molar-refractivity contribution in [1.82, 2.24) is 0 Å². The molecule has 0 N–H and O–H groups in total. The summed E-state index contributed by atoms with van der Waals surface area (Å²) in [5.74, 6) is 0.0692. The zero-order valence-electron chi connectivity index (χ0n) is 9.67.